The SMILES string of the molecule is CC1CC(C)N(c2nc3c(s2)CCCC3N)C1. The van der Waals surface area contributed by atoms with Crippen molar-refractivity contribution in [3.05, 3.63) is 10.6 Å². The molecule has 1 aliphatic heterocycles. The van der Waals surface area contributed by atoms with Gasteiger partial charge in [-0.3, -0.25) is 0 Å². The van der Waals surface area contributed by atoms with Gasteiger partial charge in [0, 0.05) is 23.5 Å². The molecule has 0 amide bonds. The molecular formula is C13H21N3S. The van der Waals surface area contributed by atoms with Gasteiger partial charge in [-0.25, -0.2) is 4.98 Å². The normalized spacial score (nSPS) is 32.9. The Morgan fingerprint density at radius 3 is 2.88 bits per heavy atom. The molecule has 0 spiro atoms. The van der Waals surface area contributed by atoms with E-state index in [1.165, 1.54) is 35.0 Å². The quantitative estimate of drug-likeness (QED) is 0.834. The van der Waals surface area contributed by atoms with E-state index in [2.05, 4.69) is 18.7 Å². The molecule has 4 heteroatoms. The molecule has 3 atom stereocenters. The monoisotopic (exact) mass is 251 g/mol. The third-order valence-electron chi connectivity index (χ3n) is 4.02. The summed E-state index contributed by atoms with van der Waals surface area (Å²) < 4.78 is 0. The standard InChI is InChI=1S/C13H21N3S/c1-8-6-9(2)16(7-8)13-15-12-10(14)4-3-5-11(12)17-13/h8-10H,3-7,14H2,1-2H3. The first-order valence-electron chi connectivity index (χ1n) is 6.67. The maximum absolute atomic E-state index is 6.15. The van der Waals surface area contributed by atoms with Gasteiger partial charge in [-0.2, -0.15) is 0 Å². The fourth-order valence-corrected chi connectivity index (χ4v) is 4.41. The van der Waals surface area contributed by atoms with Crippen LogP contribution in [0.2, 0.25) is 0 Å². The number of thiazole rings is 1. The lowest BCUT2D eigenvalue weighted by Crippen LogP contribution is -2.26. The summed E-state index contributed by atoms with van der Waals surface area (Å²) in [5.74, 6) is 0.791. The summed E-state index contributed by atoms with van der Waals surface area (Å²) in [7, 11) is 0. The molecule has 3 rings (SSSR count). The molecule has 17 heavy (non-hydrogen) atoms. The van der Waals surface area contributed by atoms with Crippen molar-refractivity contribution in [3.8, 4) is 0 Å². The van der Waals surface area contributed by atoms with Crippen molar-refractivity contribution in [1.29, 1.82) is 0 Å². The first kappa shape index (κ1) is 11.5. The number of nitrogens with two attached hydrogens (primary N) is 1. The second kappa shape index (κ2) is 4.25. The van der Waals surface area contributed by atoms with Crippen LogP contribution in [0.1, 0.15) is 49.7 Å². The lowest BCUT2D eigenvalue weighted by atomic mass is 9.99. The van der Waals surface area contributed by atoms with Crippen LogP contribution in [0.25, 0.3) is 0 Å². The van der Waals surface area contributed by atoms with Crippen molar-refractivity contribution < 1.29 is 0 Å². The van der Waals surface area contributed by atoms with Crippen molar-refractivity contribution >= 4 is 16.5 Å². The topological polar surface area (TPSA) is 42.2 Å². The van der Waals surface area contributed by atoms with Gasteiger partial charge in [0.25, 0.3) is 0 Å². The molecule has 0 aromatic carbocycles. The molecule has 94 valence electrons. The van der Waals surface area contributed by atoms with Crippen LogP contribution in [-0.4, -0.2) is 17.6 Å². The van der Waals surface area contributed by atoms with E-state index in [-0.39, 0.29) is 6.04 Å². The maximum Gasteiger partial charge on any atom is 0.186 e. The summed E-state index contributed by atoms with van der Waals surface area (Å²) in [6, 6.07) is 0.813. The fourth-order valence-electron chi connectivity index (χ4n) is 3.13. The lowest BCUT2D eigenvalue weighted by Gasteiger charge is -2.20. The molecule has 0 bridgehead atoms. The average Bonchev–Trinajstić information content (AvgIpc) is 2.82. The first-order valence-corrected chi connectivity index (χ1v) is 7.48. The van der Waals surface area contributed by atoms with Gasteiger partial charge in [-0.1, -0.05) is 6.92 Å². The Labute approximate surface area is 107 Å². The number of rotatable bonds is 1. The Kier molecular flexibility index (Phi) is 2.87. The molecule has 2 N–H and O–H groups in total. The van der Waals surface area contributed by atoms with Crippen LogP contribution in [0, 0.1) is 5.92 Å². The number of hydrogen-bond acceptors (Lipinski definition) is 4. The van der Waals surface area contributed by atoms with E-state index >= 15 is 0 Å². The highest BCUT2D eigenvalue weighted by Crippen LogP contribution is 2.38. The zero-order valence-corrected chi connectivity index (χ0v) is 11.5. The van der Waals surface area contributed by atoms with Gasteiger partial charge in [0.05, 0.1) is 5.69 Å². The number of aromatic nitrogens is 1. The molecule has 1 aromatic heterocycles. The number of nitrogens with zero attached hydrogens (tertiary/aromatic N) is 2. The maximum atomic E-state index is 6.15. The minimum absolute atomic E-state index is 0.180. The van der Waals surface area contributed by atoms with Gasteiger partial charge in [0.15, 0.2) is 5.13 Å². The predicted molar refractivity (Wildman–Crippen MR) is 72.6 cm³/mol. The second-order valence-electron chi connectivity index (χ2n) is 5.65. The van der Waals surface area contributed by atoms with Crippen molar-refractivity contribution in [2.75, 3.05) is 11.4 Å². The Morgan fingerprint density at radius 2 is 2.24 bits per heavy atom. The zero-order valence-electron chi connectivity index (χ0n) is 10.6. The molecule has 0 saturated carbocycles. The van der Waals surface area contributed by atoms with Crippen LogP contribution in [0.3, 0.4) is 0 Å². The minimum Gasteiger partial charge on any atom is -0.345 e. The lowest BCUT2D eigenvalue weighted by molar-refractivity contribution is 0.563. The van der Waals surface area contributed by atoms with E-state index in [9.17, 15) is 0 Å². The zero-order chi connectivity index (χ0) is 12.0. The average molecular weight is 251 g/mol. The number of hydrogen-bond donors (Lipinski definition) is 1. The van der Waals surface area contributed by atoms with E-state index in [4.69, 9.17) is 10.7 Å². The number of anilines is 1. The van der Waals surface area contributed by atoms with Gasteiger partial charge >= 0.3 is 0 Å². The van der Waals surface area contributed by atoms with E-state index in [0.29, 0.717) is 6.04 Å². The summed E-state index contributed by atoms with van der Waals surface area (Å²) in [5.41, 5.74) is 7.33. The third-order valence-corrected chi connectivity index (χ3v) is 5.18. The minimum atomic E-state index is 0.180. The van der Waals surface area contributed by atoms with Crippen LogP contribution >= 0.6 is 11.3 Å². The molecule has 1 aromatic rings. The van der Waals surface area contributed by atoms with Gasteiger partial charge in [0.1, 0.15) is 0 Å². The highest BCUT2D eigenvalue weighted by Gasteiger charge is 2.30. The van der Waals surface area contributed by atoms with Gasteiger partial charge in [-0.15, -0.1) is 11.3 Å². The molecule has 1 saturated heterocycles. The predicted octanol–water partition coefficient (Wildman–Crippen LogP) is 2.71. The van der Waals surface area contributed by atoms with Crippen LogP contribution in [-0.2, 0) is 6.42 Å². The van der Waals surface area contributed by atoms with Crippen LogP contribution in [0.15, 0.2) is 0 Å². The summed E-state index contributed by atoms with van der Waals surface area (Å²) in [4.78, 5) is 8.73. The molecule has 1 fully saturated rings. The van der Waals surface area contributed by atoms with Crippen LogP contribution in [0.4, 0.5) is 5.13 Å². The summed E-state index contributed by atoms with van der Waals surface area (Å²) >= 11 is 1.88. The van der Waals surface area contributed by atoms with Crippen LogP contribution in [0.5, 0.6) is 0 Å². The molecule has 3 nitrogen and oxygen atoms in total. The van der Waals surface area contributed by atoms with Crippen molar-refractivity contribution in [1.82, 2.24) is 4.98 Å². The highest BCUT2D eigenvalue weighted by atomic mass is 32.1. The van der Waals surface area contributed by atoms with Gasteiger partial charge < -0.3 is 10.6 Å². The summed E-state index contributed by atoms with van der Waals surface area (Å²) in [6.07, 6.45) is 4.79. The molecule has 1 aliphatic carbocycles. The van der Waals surface area contributed by atoms with Crippen molar-refractivity contribution in [2.24, 2.45) is 11.7 Å². The van der Waals surface area contributed by atoms with E-state index in [1.54, 1.807) is 0 Å². The second-order valence-corrected chi connectivity index (χ2v) is 6.71. The largest absolute Gasteiger partial charge is 0.345 e. The third kappa shape index (κ3) is 1.97. The van der Waals surface area contributed by atoms with E-state index < -0.39 is 0 Å². The smallest absolute Gasteiger partial charge is 0.186 e. The Bertz CT molecular complexity index is 415. The highest BCUT2D eigenvalue weighted by molar-refractivity contribution is 7.15. The number of fused-ring (bicyclic) bond motifs is 1. The fraction of sp³-hybridized carbons (Fsp3) is 0.769. The molecule has 2 aliphatic rings. The van der Waals surface area contributed by atoms with Gasteiger partial charge in [-0.05, 0) is 38.5 Å². The van der Waals surface area contributed by atoms with E-state index in [0.717, 1.165) is 18.9 Å². The summed E-state index contributed by atoms with van der Waals surface area (Å²) in [6.45, 7) is 5.79. The Hall–Kier alpha value is -0.610. The molecule has 3 unspecified atom stereocenters. The molecule has 0 radical (unpaired) electrons. The van der Waals surface area contributed by atoms with Crippen molar-refractivity contribution in [2.45, 2.75) is 51.6 Å². The van der Waals surface area contributed by atoms with Crippen LogP contribution < -0.4 is 10.6 Å². The van der Waals surface area contributed by atoms with E-state index in [1.807, 2.05) is 11.3 Å². The number of aryl methyl sites for hydroxylation is 1. The Morgan fingerprint density at radius 1 is 1.41 bits per heavy atom. The Balaban J connectivity index is 1.89. The first-order chi connectivity index (χ1) is 8.15. The molecule has 2 heterocycles. The van der Waals surface area contributed by atoms with Gasteiger partial charge in [0.2, 0.25) is 0 Å². The van der Waals surface area contributed by atoms with Crippen molar-refractivity contribution in [3.63, 3.8) is 0 Å². The molecular weight excluding hydrogens is 230 g/mol. The summed E-state index contributed by atoms with van der Waals surface area (Å²) in [5, 5.41) is 1.21.